The van der Waals surface area contributed by atoms with Gasteiger partial charge in [0.25, 0.3) is 0 Å². The first-order chi connectivity index (χ1) is 14.6. The summed E-state index contributed by atoms with van der Waals surface area (Å²) in [4.78, 5) is 3.94. The number of fused-ring (bicyclic) bond motifs is 1. The van der Waals surface area contributed by atoms with E-state index in [2.05, 4.69) is 4.98 Å². The van der Waals surface area contributed by atoms with E-state index < -0.39 is 39.3 Å². The molecule has 0 saturated heterocycles. The molecule has 2 heterocycles. The number of hydrogen-bond acceptors (Lipinski definition) is 5. The Morgan fingerprint density at radius 3 is 2.38 bits per heavy atom. The van der Waals surface area contributed by atoms with Crippen LogP contribution in [0.15, 0.2) is 30.0 Å². The molecule has 0 amide bonds. The molecule has 0 radical (unpaired) electrons. The Kier molecular flexibility index (Phi) is 5.48. The van der Waals surface area contributed by atoms with E-state index in [-0.39, 0.29) is 34.7 Å². The van der Waals surface area contributed by atoms with Crippen molar-refractivity contribution in [1.82, 2.24) is 13.5 Å². The molecule has 0 aliphatic carbocycles. The maximum Gasteiger partial charge on any atom is 0.459 e. The van der Waals surface area contributed by atoms with Crippen LogP contribution >= 0.6 is 0 Å². The summed E-state index contributed by atoms with van der Waals surface area (Å²) in [7, 11) is -2.72. The van der Waals surface area contributed by atoms with E-state index in [4.69, 9.17) is 11.5 Å². The van der Waals surface area contributed by atoms with Crippen molar-refractivity contribution in [3.05, 3.63) is 41.5 Å². The standard InChI is InChI=1S/C18H17F6N5O2S/c1-3-32(30,31)29-12-7-10(19)5-4-9(12)6-13(29)16-27-11(15(26)28(16)2)8-14(25)17(20,21)18(22,23)24/h4-8H,3,25-26H2,1-2H3/b14-8-. The van der Waals surface area contributed by atoms with Crippen molar-refractivity contribution in [2.24, 2.45) is 12.8 Å². The summed E-state index contributed by atoms with van der Waals surface area (Å²) in [5.41, 5.74) is 8.31. The first-order valence-corrected chi connectivity index (χ1v) is 10.5. The van der Waals surface area contributed by atoms with Gasteiger partial charge in [0.2, 0.25) is 10.0 Å². The van der Waals surface area contributed by atoms with Crippen molar-refractivity contribution in [2.45, 2.75) is 19.0 Å². The van der Waals surface area contributed by atoms with E-state index in [0.717, 1.165) is 20.7 Å². The first kappa shape index (κ1) is 23.5. The van der Waals surface area contributed by atoms with Gasteiger partial charge >= 0.3 is 12.1 Å². The van der Waals surface area contributed by atoms with Gasteiger partial charge in [-0.05, 0) is 37.3 Å². The first-order valence-electron chi connectivity index (χ1n) is 8.90. The second-order valence-corrected chi connectivity index (χ2v) is 8.94. The van der Waals surface area contributed by atoms with Crippen LogP contribution in [0, 0.1) is 5.82 Å². The number of benzene rings is 1. The molecule has 0 fully saturated rings. The highest BCUT2D eigenvalue weighted by Crippen LogP contribution is 2.40. The van der Waals surface area contributed by atoms with E-state index in [9.17, 15) is 34.8 Å². The van der Waals surface area contributed by atoms with Gasteiger partial charge in [0.15, 0.2) is 5.82 Å². The fourth-order valence-electron chi connectivity index (χ4n) is 3.00. The van der Waals surface area contributed by atoms with Crippen molar-refractivity contribution in [2.75, 3.05) is 11.5 Å². The molecule has 3 rings (SSSR count). The molecule has 1 aromatic carbocycles. The van der Waals surface area contributed by atoms with Crippen LogP contribution in [0.3, 0.4) is 0 Å². The fourth-order valence-corrected chi connectivity index (χ4v) is 4.15. The SMILES string of the molecule is CCS(=O)(=O)n1c(-c2nc(/C=C(\N)C(F)(F)C(F)(F)F)c(N)n2C)cc2ccc(F)cc21. The maximum atomic E-state index is 13.8. The number of nitrogen functional groups attached to an aromatic ring is 1. The fraction of sp³-hybridized carbons (Fsp3) is 0.278. The second-order valence-electron chi connectivity index (χ2n) is 6.83. The highest BCUT2D eigenvalue weighted by atomic mass is 32.2. The number of imidazole rings is 1. The molecule has 174 valence electrons. The van der Waals surface area contributed by atoms with Crippen LogP contribution in [-0.4, -0.2) is 39.8 Å². The number of aromatic nitrogens is 3. The number of alkyl halides is 5. The third-order valence-electron chi connectivity index (χ3n) is 4.77. The van der Waals surface area contributed by atoms with Gasteiger partial charge in [-0.2, -0.15) is 22.0 Å². The average molecular weight is 481 g/mol. The van der Waals surface area contributed by atoms with Crippen LogP contribution in [-0.2, 0) is 17.1 Å². The highest BCUT2D eigenvalue weighted by molar-refractivity contribution is 7.90. The van der Waals surface area contributed by atoms with Gasteiger partial charge in [0.05, 0.1) is 17.0 Å². The maximum absolute atomic E-state index is 13.8. The Balaban J connectivity index is 2.28. The van der Waals surface area contributed by atoms with Gasteiger partial charge < -0.3 is 16.0 Å². The molecule has 0 spiro atoms. The molecule has 7 nitrogen and oxygen atoms in total. The van der Waals surface area contributed by atoms with Crippen molar-refractivity contribution in [3.8, 4) is 11.5 Å². The number of halogens is 6. The van der Waals surface area contributed by atoms with Crippen LogP contribution in [0.1, 0.15) is 12.6 Å². The molecule has 14 heteroatoms. The smallest absolute Gasteiger partial charge is 0.397 e. The molecular weight excluding hydrogens is 464 g/mol. The molecule has 3 aromatic rings. The Hall–Kier alpha value is -3.16. The minimum Gasteiger partial charge on any atom is -0.397 e. The number of hydrogen-bond donors (Lipinski definition) is 2. The van der Waals surface area contributed by atoms with Crippen LogP contribution in [0.5, 0.6) is 0 Å². The van der Waals surface area contributed by atoms with Gasteiger partial charge in [0.1, 0.15) is 23.0 Å². The summed E-state index contributed by atoms with van der Waals surface area (Å²) < 4.78 is 106. The third-order valence-corrected chi connectivity index (χ3v) is 6.45. The van der Waals surface area contributed by atoms with Gasteiger partial charge in [-0.15, -0.1) is 0 Å². The molecule has 0 bridgehead atoms. The summed E-state index contributed by atoms with van der Waals surface area (Å²) in [6.45, 7) is 1.35. The Bertz CT molecular complexity index is 1340. The van der Waals surface area contributed by atoms with E-state index in [1.165, 1.54) is 26.1 Å². The van der Waals surface area contributed by atoms with Gasteiger partial charge in [0, 0.05) is 12.4 Å². The summed E-state index contributed by atoms with van der Waals surface area (Å²) in [5, 5.41) is 0.320. The Morgan fingerprint density at radius 1 is 1.19 bits per heavy atom. The molecule has 0 saturated carbocycles. The molecule has 0 atom stereocenters. The van der Waals surface area contributed by atoms with Gasteiger partial charge in [-0.25, -0.2) is 21.8 Å². The summed E-state index contributed by atoms with van der Waals surface area (Å²) in [5.74, 6) is -6.95. The summed E-state index contributed by atoms with van der Waals surface area (Å²) in [6, 6.07) is 4.77. The lowest BCUT2D eigenvalue weighted by Crippen LogP contribution is -2.41. The Labute approximate surface area is 178 Å². The third kappa shape index (κ3) is 3.67. The zero-order chi connectivity index (χ0) is 24.2. The molecular formula is C18H17F6N5O2S. The minimum atomic E-state index is -5.94. The minimum absolute atomic E-state index is 0.0105. The van der Waals surface area contributed by atoms with Crippen molar-refractivity contribution in [1.29, 1.82) is 0 Å². The monoisotopic (exact) mass is 481 g/mol. The van der Waals surface area contributed by atoms with Crippen molar-refractivity contribution in [3.63, 3.8) is 0 Å². The predicted molar refractivity (Wildman–Crippen MR) is 107 cm³/mol. The van der Waals surface area contributed by atoms with Gasteiger partial charge in [-0.1, -0.05) is 0 Å². The van der Waals surface area contributed by atoms with Gasteiger partial charge in [-0.3, -0.25) is 0 Å². The highest BCUT2D eigenvalue weighted by Gasteiger charge is 2.59. The number of rotatable bonds is 5. The molecule has 0 aliphatic heterocycles. The van der Waals surface area contributed by atoms with Crippen molar-refractivity contribution < 1.29 is 34.8 Å². The Morgan fingerprint density at radius 2 is 1.81 bits per heavy atom. The summed E-state index contributed by atoms with van der Waals surface area (Å²) in [6.07, 6.45) is -5.67. The normalized spacial score (nSPS) is 13.8. The van der Waals surface area contributed by atoms with Crippen LogP contribution in [0.2, 0.25) is 0 Å². The van der Waals surface area contributed by atoms with E-state index >= 15 is 0 Å². The number of anilines is 1. The van der Waals surface area contributed by atoms with E-state index in [1.807, 2.05) is 0 Å². The number of nitrogens with zero attached hydrogens (tertiary/aromatic N) is 3. The topological polar surface area (TPSA) is 109 Å². The van der Waals surface area contributed by atoms with Crippen LogP contribution in [0.4, 0.5) is 32.2 Å². The molecule has 0 unspecified atom stereocenters. The predicted octanol–water partition coefficient (Wildman–Crippen LogP) is 3.46. The second kappa shape index (κ2) is 7.46. The van der Waals surface area contributed by atoms with E-state index in [0.29, 0.717) is 5.39 Å². The number of nitrogens with two attached hydrogens (primary N) is 2. The molecule has 4 N–H and O–H groups in total. The molecule has 32 heavy (non-hydrogen) atoms. The zero-order valence-corrected chi connectivity index (χ0v) is 17.4. The van der Waals surface area contributed by atoms with Crippen LogP contribution in [0.25, 0.3) is 28.5 Å². The molecule has 0 aliphatic rings. The lowest BCUT2D eigenvalue weighted by atomic mass is 10.2. The lowest BCUT2D eigenvalue weighted by molar-refractivity contribution is -0.264. The quantitative estimate of drug-likeness (QED) is 0.543. The average Bonchev–Trinajstić information content (AvgIpc) is 3.19. The van der Waals surface area contributed by atoms with Crippen molar-refractivity contribution >= 4 is 32.8 Å². The van der Waals surface area contributed by atoms with Crippen LogP contribution < -0.4 is 11.5 Å². The lowest BCUT2D eigenvalue weighted by Gasteiger charge is -2.19. The van der Waals surface area contributed by atoms with E-state index in [1.54, 1.807) is 0 Å². The zero-order valence-electron chi connectivity index (χ0n) is 16.6. The largest absolute Gasteiger partial charge is 0.459 e. The number of allylic oxidation sites excluding steroid dienone is 1. The summed E-state index contributed by atoms with van der Waals surface area (Å²) >= 11 is 0. The molecule has 2 aromatic heterocycles.